The predicted molar refractivity (Wildman–Crippen MR) is 88.8 cm³/mol. The molecular weight excluding hydrogens is 360 g/mol. The SMILES string of the molecule is CC1(C(=O)NCc2ccccc2Br)CCN1C(=O)c1ccco1. The number of likely N-dealkylation sites (tertiary alicyclic amines) is 1. The van der Waals surface area contributed by atoms with Crippen LogP contribution in [0, 0.1) is 0 Å². The smallest absolute Gasteiger partial charge is 0.290 e. The summed E-state index contributed by atoms with van der Waals surface area (Å²) in [4.78, 5) is 26.5. The summed E-state index contributed by atoms with van der Waals surface area (Å²) in [7, 11) is 0. The Labute approximate surface area is 142 Å². The van der Waals surface area contributed by atoms with E-state index in [0.717, 1.165) is 10.0 Å². The number of carbonyl (C=O) groups is 2. The van der Waals surface area contributed by atoms with E-state index in [1.54, 1.807) is 24.0 Å². The fraction of sp³-hybridized carbons (Fsp3) is 0.294. The molecule has 2 heterocycles. The highest BCUT2D eigenvalue weighted by atomic mass is 79.9. The topological polar surface area (TPSA) is 62.6 Å². The Hall–Kier alpha value is -2.08. The second-order valence-corrected chi connectivity index (χ2v) is 6.59. The van der Waals surface area contributed by atoms with Gasteiger partial charge < -0.3 is 14.6 Å². The Morgan fingerprint density at radius 1 is 1.30 bits per heavy atom. The first-order chi connectivity index (χ1) is 11.0. The maximum atomic E-state index is 12.6. The lowest BCUT2D eigenvalue weighted by atomic mass is 9.85. The molecule has 0 saturated carbocycles. The van der Waals surface area contributed by atoms with Gasteiger partial charge in [0.25, 0.3) is 5.91 Å². The Balaban J connectivity index is 1.67. The van der Waals surface area contributed by atoms with Crippen molar-refractivity contribution in [3.05, 3.63) is 58.5 Å². The van der Waals surface area contributed by atoms with E-state index in [9.17, 15) is 9.59 Å². The summed E-state index contributed by atoms with van der Waals surface area (Å²) in [6, 6.07) is 11.0. The molecule has 1 N–H and O–H groups in total. The van der Waals surface area contributed by atoms with E-state index in [-0.39, 0.29) is 17.6 Å². The second kappa shape index (κ2) is 6.20. The molecule has 2 aromatic rings. The fourth-order valence-electron chi connectivity index (χ4n) is 2.66. The lowest BCUT2D eigenvalue weighted by Gasteiger charge is -2.48. The quantitative estimate of drug-likeness (QED) is 0.891. The van der Waals surface area contributed by atoms with Crippen molar-refractivity contribution in [2.45, 2.75) is 25.4 Å². The summed E-state index contributed by atoms with van der Waals surface area (Å²) in [6.07, 6.45) is 2.10. The molecule has 2 amide bonds. The van der Waals surface area contributed by atoms with Gasteiger partial charge in [0.15, 0.2) is 5.76 Å². The molecule has 1 unspecified atom stereocenters. The van der Waals surface area contributed by atoms with Crippen molar-refractivity contribution in [2.24, 2.45) is 0 Å². The second-order valence-electron chi connectivity index (χ2n) is 5.73. The molecule has 1 aromatic heterocycles. The minimum absolute atomic E-state index is 0.153. The van der Waals surface area contributed by atoms with Gasteiger partial charge in [0, 0.05) is 17.6 Å². The van der Waals surface area contributed by atoms with Gasteiger partial charge in [0.2, 0.25) is 5.91 Å². The van der Waals surface area contributed by atoms with Gasteiger partial charge in [-0.05, 0) is 37.1 Å². The van der Waals surface area contributed by atoms with Crippen molar-refractivity contribution in [2.75, 3.05) is 6.54 Å². The molecule has 0 aliphatic carbocycles. The van der Waals surface area contributed by atoms with Crippen molar-refractivity contribution >= 4 is 27.7 Å². The Morgan fingerprint density at radius 3 is 2.70 bits per heavy atom. The van der Waals surface area contributed by atoms with Gasteiger partial charge in [-0.3, -0.25) is 9.59 Å². The summed E-state index contributed by atoms with van der Waals surface area (Å²) >= 11 is 3.46. The third kappa shape index (κ3) is 2.91. The molecule has 1 saturated heterocycles. The number of furan rings is 1. The number of nitrogens with one attached hydrogen (secondary N) is 1. The van der Waals surface area contributed by atoms with E-state index in [0.29, 0.717) is 19.5 Å². The number of hydrogen-bond donors (Lipinski definition) is 1. The van der Waals surface area contributed by atoms with Gasteiger partial charge in [-0.1, -0.05) is 34.1 Å². The van der Waals surface area contributed by atoms with Crippen LogP contribution in [0.2, 0.25) is 0 Å². The van der Waals surface area contributed by atoms with E-state index in [4.69, 9.17) is 4.42 Å². The molecule has 1 fully saturated rings. The molecule has 6 heteroatoms. The maximum absolute atomic E-state index is 12.6. The number of amides is 2. The first kappa shape index (κ1) is 15.8. The molecule has 1 aromatic carbocycles. The number of carbonyl (C=O) groups excluding carboxylic acids is 2. The molecule has 5 nitrogen and oxygen atoms in total. The minimum atomic E-state index is -0.828. The standard InChI is InChI=1S/C17H17BrN2O3/c1-17(8-9-20(17)15(21)14-7-4-10-23-14)16(22)19-11-12-5-2-3-6-13(12)18/h2-7,10H,8-9,11H2,1H3,(H,19,22). The Bertz CT molecular complexity index is 729. The predicted octanol–water partition coefficient (Wildman–Crippen LogP) is 2.96. The monoisotopic (exact) mass is 376 g/mol. The van der Waals surface area contributed by atoms with Crippen LogP contribution in [0.1, 0.15) is 29.5 Å². The summed E-state index contributed by atoms with van der Waals surface area (Å²) in [5.41, 5.74) is 0.165. The van der Waals surface area contributed by atoms with Crippen LogP contribution in [0.3, 0.4) is 0 Å². The molecule has 3 rings (SSSR count). The molecule has 1 atom stereocenters. The maximum Gasteiger partial charge on any atom is 0.290 e. The summed E-state index contributed by atoms with van der Waals surface area (Å²) in [6.45, 7) is 2.75. The van der Waals surface area contributed by atoms with Crippen LogP contribution < -0.4 is 5.32 Å². The molecule has 1 aliphatic rings. The van der Waals surface area contributed by atoms with Crippen molar-refractivity contribution < 1.29 is 14.0 Å². The van der Waals surface area contributed by atoms with Crippen LogP contribution in [0.25, 0.3) is 0 Å². The van der Waals surface area contributed by atoms with Crippen molar-refractivity contribution in [1.82, 2.24) is 10.2 Å². The number of halogens is 1. The Morgan fingerprint density at radius 2 is 2.09 bits per heavy atom. The lowest BCUT2D eigenvalue weighted by molar-refractivity contribution is -0.137. The molecule has 23 heavy (non-hydrogen) atoms. The van der Waals surface area contributed by atoms with Crippen molar-refractivity contribution in [1.29, 1.82) is 0 Å². The zero-order chi connectivity index (χ0) is 16.4. The van der Waals surface area contributed by atoms with E-state index in [1.807, 2.05) is 24.3 Å². The molecule has 120 valence electrons. The highest BCUT2D eigenvalue weighted by Crippen LogP contribution is 2.32. The highest BCUT2D eigenvalue weighted by molar-refractivity contribution is 9.10. The third-order valence-corrected chi connectivity index (χ3v) is 5.06. The van der Waals surface area contributed by atoms with Crippen LogP contribution >= 0.6 is 15.9 Å². The van der Waals surface area contributed by atoms with Gasteiger partial charge >= 0.3 is 0 Å². The first-order valence-corrected chi connectivity index (χ1v) is 8.19. The largest absolute Gasteiger partial charge is 0.459 e. The minimum Gasteiger partial charge on any atom is -0.459 e. The van der Waals surface area contributed by atoms with Gasteiger partial charge in [0.05, 0.1) is 6.26 Å². The fourth-order valence-corrected chi connectivity index (χ4v) is 3.09. The van der Waals surface area contributed by atoms with Crippen molar-refractivity contribution in [3.63, 3.8) is 0 Å². The normalized spacial score (nSPS) is 20.0. The van der Waals surface area contributed by atoms with Crippen LogP contribution in [-0.4, -0.2) is 28.8 Å². The van der Waals surface area contributed by atoms with Crippen molar-refractivity contribution in [3.8, 4) is 0 Å². The zero-order valence-corrected chi connectivity index (χ0v) is 14.3. The highest BCUT2D eigenvalue weighted by Gasteiger charge is 2.50. The van der Waals surface area contributed by atoms with Crippen LogP contribution in [0.4, 0.5) is 0 Å². The summed E-state index contributed by atoms with van der Waals surface area (Å²) in [5.74, 6) is -0.145. The third-order valence-electron chi connectivity index (χ3n) is 4.28. The van der Waals surface area contributed by atoms with Gasteiger partial charge in [-0.15, -0.1) is 0 Å². The molecule has 0 radical (unpaired) electrons. The van der Waals surface area contributed by atoms with Gasteiger partial charge in [0.1, 0.15) is 5.54 Å². The number of benzene rings is 1. The summed E-state index contributed by atoms with van der Waals surface area (Å²) in [5, 5.41) is 2.92. The molecule has 1 aliphatic heterocycles. The molecule has 0 bridgehead atoms. The van der Waals surface area contributed by atoms with Gasteiger partial charge in [-0.25, -0.2) is 0 Å². The van der Waals surface area contributed by atoms with E-state index in [2.05, 4.69) is 21.2 Å². The Kier molecular flexibility index (Phi) is 4.26. The van der Waals surface area contributed by atoms with E-state index < -0.39 is 5.54 Å². The number of hydrogen-bond acceptors (Lipinski definition) is 3. The average molecular weight is 377 g/mol. The van der Waals surface area contributed by atoms with Crippen LogP contribution in [0.5, 0.6) is 0 Å². The zero-order valence-electron chi connectivity index (χ0n) is 12.7. The first-order valence-electron chi connectivity index (χ1n) is 7.39. The number of rotatable bonds is 4. The summed E-state index contributed by atoms with van der Waals surface area (Å²) < 4.78 is 6.09. The van der Waals surface area contributed by atoms with Crippen LogP contribution in [-0.2, 0) is 11.3 Å². The lowest BCUT2D eigenvalue weighted by Crippen LogP contribution is -2.67. The number of nitrogens with zero attached hydrogens (tertiary/aromatic N) is 1. The average Bonchev–Trinajstić information content (AvgIpc) is 3.06. The van der Waals surface area contributed by atoms with E-state index in [1.165, 1.54) is 6.26 Å². The van der Waals surface area contributed by atoms with E-state index >= 15 is 0 Å². The van der Waals surface area contributed by atoms with Crippen LogP contribution in [0.15, 0.2) is 51.6 Å². The molecular formula is C17H17BrN2O3. The van der Waals surface area contributed by atoms with Gasteiger partial charge in [-0.2, -0.15) is 0 Å². The molecule has 0 spiro atoms.